The molecule has 0 amide bonds. The van der Waals surface area contributed by atoms with Crippen LogP contribution in [0, 0.1) is 12.7 Å². The lowest BCUT2D eigenvalue weighted by Gasteiger charge is -2.07. The molecule has 0 spiro atoms. The quantitative estimate of drug-likeness (QED) is 0.776. The minimum Gasteiger partial charge on any atom is -0.342 e. The highest BCUT2D eigenvalue weighted by atomic mass is 32.2. The number of aryl methyl sites for hydroxylation is 1. The first kappa shape index (κ1) is 14.7. The molecule has 0 bridgehead atoms. The molecule has 7 heteroatoms. The highest BCUT2D eigenvalue weighted by molar-refractivity contribution is 7.89. The fourth-order valence-corrected chi connectivity index (χ4v) is 3.21. The number of nitrogens with one attached hydrogen (secondary N) is 2. The Morgan fingerprint density at radius 2 is 2.00 bits per heavy atom. The van der Waals surface area contributed by atoms with Crippen molar-refractivity contribution in [2.24, 2.45) is 0 Å². The molecule has 1 heterocycles. The standard InChI is InChI=1S/C15H14FN3O2S/c1-10-18-14-7-6-12(8-15(14)19-10)22(20,21)17-9-11-4-2-3-5-13(11)16/h2-8,17H,9H2,1H3,(H,18,19). The van der Waals surface area contributed by atoms with Gasteiger partial charge in [0, 0.05) is 12.1 Å². The van der Waals surface area contributed by atoms with Gasteiger partial charge in [-0.1, -0.05) is 18.2 Å². The van der Waals surface area contributed by atoms with Gasteiger partial charge in [-0.2, -0.15) is 0 Å². The van der Waals surface area contributed by atoms with Gasteiger partial charge >= 0.3 is 0 Å². The average Bonchev–Trinajstić information content (AvgIpc) is 2.85. The Bertz CT molecular complexity index is 935. The van der Waals surface area contributed by atoms with Gasteiger partial charge in [-0.3, -0.25) is 0 Å². The van der Waals surface area contributed by atoms with Crippen molar-refractivity contribution < 1.29 is 12.8 Å². The van der Waals surface area contributed by atoms with E-state index in [2.05, 4.69) is 14.7 Å². The number of hydrogen-bond acceptors (Lipinski definition) is 3. The van der Waals surface area contributed by atoms with Crippen molar-refractivity contribution in [3.05, 3.63) is 59.7 Å². The number of halogens is 1. The third-order valence-corrected chi connectivity index (χ3v) is 4.69. The summed E-state index contributed by atoms with van der Waals surface area (Å²) >= 11 is 0. The fraction of sp³-hybridized carbons (Fsp3) is 0.133. The first-order valence-electron chi connectivity index (χ1n) is 6.65. The van der Waals surface area contributed by atoms with Crippen LogP contribution in [0.25, 0.3) is 11.0 Å². The van der Waals surface area contributed by atoms with Gasteiger partial charge in [-0.25, -0.2) is 22.5 Å². The highest BCUT2D eigenvalue weighted by Gasteiger charge is 2.16. The second kappa shape index (κ2) is 5.51. The molecule has 2 N–H and O–H groups in total. The number of fused-ring (bicyclic) bond motifs is 1. The summed E-state index contributed by atoms with van der Waals surface area (Å²) < 4.78 is 40.5. The number of nitrogens with zero attached hydrogens (tertiary/aromatic N) is 1. The number of sulfonamides is 1. The second-order valence-corrected chi connectivity index (χ2v) is 6.68. The molecule has 0 unspecified atom stereocenters. The zero-order chi connectivity index (χ0) is 15.7. The third kappa shape index (κ3) is 2.86. The Hall–Kier alpha value is -2.25. The van der Waals surface area contributed by atoms with Gasteiger partial charge in [0.25, 0.3) is 0 Å². The minimum atomic E-state index is -3.72. The van der Waals surface area contributed by atoms with E-state index >= 15 is 0 Å². The van der Waals surface area contributed by atoms with Gasteiger partial charge in [-0.15, -0.1) is 0 Å². The van der Waals surface area contributed by atoms with E-state index < -0.39 is 15.8 Å². The van der Waals surface area contributed by atoms with Gasteiger partial charge in [-0.05, 0) is 31.2 Å². The summed E-state index contributed by atoms with van der Waals surface area (Å²) in [5.41, 5.74) is 1.64. The number of aromatic nitrogens is 2. The van der Waals surface area contributed by atoms with Crippen LogP contribution < -0.4 is 4.72 Å². The van der Waals surface area contributed by atoms with Gasteiger partial charge in [0.05, 0.1) is 15.9 Å². The molecular formula is C15H14FN3O2S. The number of rotatable bonds is 4. The van der Waals surface area contributed by atoms with Gasteiger partial charge in [0.2, 0.25) is 10.0 Å². The lowest BCUT2D eigenvalue weighted by molar-refractivity contribution is 0.574. The smallest absolute Gasteiger partial charge is 0.240 e. The van der Waals surface area contributed by atoms with E-state index in [9.17, 15) is 12.8 Å². The van der Waals surface area contributed by atoms with E-state index in [-0.39, 0.29) is 11.4 Å². The summed E-state index contributed by atoms with van der Waals surface area (Å²) in [6, 6.07) is 10.7. The Balaban J connectivity index is 1.86. The van der Waals surface area contributed by atoms with Crippen LogP contribution in [0.4, 0.5) is 4.39 Å². The van der Waals surface area contributed by atoms with Crippen molar-refractivity contribution in [1.29, 1.82) is 0 Å². The molecule has 1 aromatic heterocycles. The van der Waals surface area contributed by atoms with Crippen molar-refractivity contribution in [3.8, 4) is 0 Å². The molecule has 3 rings (SSSR count). The summed E-state index contributed by atoms with van der Waals surface area (Å²) in [6.07, 6.45) is 0. The van der Waals surface area contributed by atoms with Gasteiger partial charge in [0.1, 0.15) is 11.6 Å². The molecule has 0 aliphatic heterocycles. The molecule has 0 fully saturated rings. The first-order valence-corrected chi connectivity index (χ1v) is 8.13. The second-order valence-electron chi connectivity index (χ2n) is 4.92. The van der Waals surface area contributed by atoms with Crippen molar-refractivity contribution in [2.75, 3.05) is 0 Å². The van der Waals surface area contributed by atoms with Crippen molar-refractivity contribution in [1.82, 2.24) is 14.7 Å². The fourth-order valence-electron chi connectivity index (χ4n) is 2.18. The van der Waals surface area contributed by atoms with Crippen molar-refractivity contribution >= 4 is 21.1 Å². The maximum absolute atomic E-state index is 13.5. The monoisotopic (exact) mass is 319 g/mol. The Kier molecular flexibility index (Phi) is 3.67. The summed E-state index contributed by atoms with van der Waals surface area (Å²) in [6.45, 7) is 1.69. The summed E-state index contributed by atoms with van der Waals surface area (Å²) in [4.78, 5) is 7.32. The topological polar surface area (TPSA) is 74.8 Å². The van der Waals surface area contributed by atoms with Crippen LogP contribution in [0.2, 0.25) is 0 Å². The Labute approximate surface area is 127 Å². The zero-order valence-corrected chi connectivity index (χ0v) is 12.6. The summed E-state index contributed by atoms with van der Waals surface area (Å²) in [5, 5.41) is 0. The van der Waals surface area contributed by atoms with Crippen molar-refractivity contribution in [3.63, 3.8) is 0 Å². The normalized spacial score (nSPS) is 11.9. The van der Waals surface area contributed by atoms with E-state index in [1.165, 1.54) is 18.2 Å². The Morgan fingerprint density at radius 1 is 1.23 bits per heavy atom. The zero-order valence-electron chi connectivity index (χ0n) is 11.8. The molecule has 0 aliphatic carbocycles. The molecule has 0 saturated carbocycles. The predicted molar refractivity (Wildman–Crippen MR) is 81.3 cm³/mol. The van der Waals surface area contributed by atoms with Crippen LogP contribution in [0.5, 0.6) is 0 Å². The molecule has 0 radical (unpaired) electrons. The molecule has 114 valence electrons. The van der Waals surface area contributed by atoms with E-state index in [1.807, 2.05) is 0 Å². The van der Waals surface area contributed by atoms with E-state index in [1.54, 1.807) is 31.2 Å². The van der Waals surface area contributed by atoms with Crippen LogP contribution in [0.15, 0.2) is 47.4 Å². The molecule has 0 atom stereocenters. The number of H-pyrrole nitrogens is 1. The Morgan fingerprint density at radius 3 is 2.77 bits per heavy atom. The number of aromatic amines is 1. The molecule has 5 nitrogen and oxygen atoms in total. The maximum atomic E-state index is 13.5. The summed E-state index contributed by atoms with van der Waals surface area (Å²) in [7, 11) is -3.72. The number of benzene rings is 2. The molecular weight excluding hydrogens is 305 g/mol. The lowest BCUT2D eigenvalue weighted by atomic mass is 10.2. The molecule has 22 heavy (non-hydrogen) atoms. The van der Waals surface area contributed by atoms with E-state index in [0.29, 0.717) is 22.4 Å². The van der Waals surface area contributed by atoms with Gasteiger partial charge < -0.3 is 4.98 Å². The largest absolute Gasteiger partial charge is 0.342 e. The van der Waals surface area contributed by atoms with Gasteiger partial charge in [0.15, 0.2) is 0 Å². The molecule has 0 aliphatic rings. The van der Waals surface area contributed by atoms with Crippen LogP contribution in [-0.2, 0) is 16.6 Å². The lowest BCUT2D eigenvalue weighted by Crippen LogP contribution is -2.23. The van der Waals surface area contributed by atoms with E-state index in [0.717, 1.165) is 0 Å². The van der Waals surface area contributed by atoms with Crippen LogP contribution in [0.3, 0.4) is 0 Å². The average molecular weight is 319 g/mol. The van der Waals surface area contributed by atoms with Crippen LogP contribution in [-0.4, -0.2) is 18.4 Å². The minimum absolute atomic E-state index is 0.102. The van der Waals surface area contributed by atoms with Crippen LogP contribution >= 0.6 is 0 Å². The van der Waals surface area contributed by atoms with E-state index in [4.69, 9.17) is 0 Å². The summed E-state index contributed by atoms with van der Waals surface area (Å²) in [5.74, 6) is 0.272. The maximum Gasteiger partial charge on any atom is 0.240 e. The number of imidazole rings is 1. The molecule has 3 aromatic rings. The SMILES string of the molecule is Cc1nc2ccc(S(=O)(=O)NCc3ccccc3F)cc2[nH]1. The molecule has 2 aromatic carbocycles. The highest BCUT2D eigenvalue weighted by Crippen LogP contribution is 2.17. The molecule has 0 saturated heterocycles. The van der Waals surface area contributed by atoms with Crippen LogP contribution in [0.1, 0.15) is 11.4 Å². The number of hydrogen-bond donors (Lipinski definition) is 2. The van der Waals surface area contributed by atoms with Crippen molar-refractivity contribution in [2.45, 2.75) is 18.4 Å². The first-order chi connectivity index (χ1) is 10.5. The predicted octanol–water partition coefficient (Wildman–Crippen LogP) is 2.49. The third-order valence-electron chi connectivity index (χ3n) is 3.29.